The molecule has 0 saturated heterocycles. The zero-order valence-electron chi connectivity index (χ0n) is 23.5. The van der Waals surface area contributed by atoms with Crippen molar-refractivity contribution in [2.45, 2.75) is 26.1 Å². The number of carbonyl (C=O) groups excluding carboxylic acids is 1. The van der Waals surface area contributed by atoms with Crippen LogP contribution < -0.4 is 16.3 Å². The first-order valence-corrected chi connectivity index (χ1v) is 13.3. The van der Waals surface area contributed by atoms with Crippen LogP contribution in [-0.2, 0) is 24.6 Å². The van der Waals surface area contributed by atoms with E-state index >= 15 is 0 Å². The highest BCUT2D eigenvalue weighted by Crippen LogP contribution is 2.38. The number of hydrogen-bond donors (Lipinski definition) is 3. The third kappa shape index (κ3) is 6.40. The van der Waals surface area contributed by atoms with Crippen LogP contribution in [0.1, 0.15) is 28.0 Å². The Bertz CT molecular complexity index is 1880. The number of anilines is 2. The highest BCUT2D eigenvalue weighted by molar-refractivity contribution is 6.03. The number of amides is 1. The summed E-state index contributed by atoms with van der Waals surface area (Å²) >= 11 is 0. The summed E-state index contributed by atoms with van der Waals surface area (Å²) in [6.45, 7) is 3.20. The molecule has 0 aliphatic carbocycles. The van der Waals surface area contributed by atoms with Crippen molar-refractivity contribution in [1.82, 2.24) is 29.3 Å². The fraction of sp³-hybridized carbons (Fsp3) is 0.207. The molecule has 44 heavy (non-hydrogen) atoms. The molecule has 0 saturated carbocycles. The van der Waals surface area contributed by atoms with Gasteiger partial charge in [-0.3, -0.25) is 19.3 Å². The van der Waals surface area contributed by atoms with Crippen molar-refractivity contribution < 1.29 is 27.9 Å². The molecule has 15 heteroatoms. The number of carboxylic acid groups (broad SMARTS) is 1. The summed E-state index contributed by atoms with van der Waals surface area (Å²) in [5, 5.41) is 17.2. The Labute approximate surface area is 248 Å². The number of pyridine rings is 2. The summed E-state index contributed by atoms with van der Waals surface area (Å²) in [6.07, 6.45) is 2.43. The van der Waals surface area contributed by atoms with E-state index in [0.717, 1.165) is 71.7 Å². The Hall–Kier alpha value is -5.60. The number of aryl methyl sites for hydroxylation is 2. The Balaban J connectivity index is 0.00000123. The normalized spacial score (nSPS) is 13.0. The molecule has 12 nitrogen and oxygen atoms in total. The van der Waals surface area contributed by atoms with Gasteiger partial charge in [0.15, 0.2) is 0 Å². The van der Waals surface area contributed by atoms with E-state index in [9.17, 15) is 18.0 Å². The van der Waals surface area contributed by atoms with Gasteiger partial charge in [0.25, 0.3) is 18.0 Å². The molecule has 3 aliphatic rings. The van der Waals surface area contributed by atoms with Crippen molar-refractivity contribution in [1.29, 1.82) is 0 Å². The van der Waals surface area contributed by atoms with Crippen molar-refractivity contribution in [2.75, 3.05) is 17.2 Å². The van der Waals surface area contributed by atoms with Crippen LogP contribution >= 0.6 is 0 Å². The van der Waals surface area contributed by atoms with E-state index in [1.807, 2.05) is 26.1 Å². The first-order valence-electron chi connectivity index (χ1n) is 13.3. The molecule has 226 valence electrons. The molecule has 0 bridgehead atoms. The number of hydrogen-bond acceptors (Lipinski definition) is 8. The Kier molecular flexibility index (Phi) is 8.37. The maximum absolute atomic E-state index is 13.1. The van der Waals surface area contributed by atoms with Gasteiger partial charge in [0, 0.05) is 49.3 Å². The zero-order chi connectivity index (χ0) is 31.4. The van der Waals surface area contributed by atoms with Crippen molar-refractivity contribution >= 4 is 29.6 Å². The minimum Gasteiger partial charge on any atom is -0.483 e. The molecule has 5 heterocycles. The smallest absolute Gasteiger partial charge is 0.416 e. The monoisotopic (exact) mass is 605 g/mol. The van der Waals surface area contributed by atoms with Gasteiger partial charge in [0.05, 0.1) is 18.0 Å². The van der Waals surface area contributed by atoms with E-state index in [-0.39, 0.29) is 12.2 Å². The third-order valence-electron chi connectivity index (χ3n) is 6.74. The largest absolute Gasteiger partial charge is 0.483 e. The van der Waals surface area contributed by atoms with Crippen molar-refractivity contribution in [3.63, 3.8) is 0 Å². The maximum atomic E-state index is 13.1. The number of rotatable bonds is 4. The van der Waals surface area contributed by atoms with Gasteiger partial charge in [0.1, 0.15) is 23.0 Å². The molecule has 0 unspecified atom stereocenters. The number of carbonyl (C=O) groups is 2. The molecule has 2 aromatic heterocycles. The second kappa shape index (κ2) is 12.3. The topological polar surface area (TPSA) is 152 Å². The lowest BCUT2D eigenvalue weighted by Crippen LogP contribution is -2.25. The standard InChI is InChI=1S/C28H24F3N9O.CH2O2/c1-16-4-5-19(36-26(41)23-11-18(6-8-32-23)28(29,30)31)12-21(16)22-10-17-13-34-27(37-20-14-35-39(2)15-20)38-24(17)40-9-3-7-33-25(22)40;2-1-3/h4-6,8,10-15,33H,3,7,9H2,1-2H3,(H,36,41);1H,(H,2,3). The molecule has 3 aromatic rings. The quantitative estimate of drug-likeness (QED) is 0.253. The highest BCUT2D eigenvalue weighted by Gasteiger charge is 2.31. The van der Waals surface area contributed by atoms with E-state index in [2.05, 4.69) is 35.3 Å². The number of nitrogens with one attached hydrogen (secondary N) is 2. The Morgan fingerprint density at radius 3 is 2.66 bits per heavy atom. The Morgan fingerprint density at radius 1 is 1.14 bits per heavy atom. The summed E-state index contributed by atoms with van der Waals surface area (Å²) in [6, 6.07) is 8.89. The van der Waals surface area contributed by atoms with Crippen LogP contribution in [0.4, 0.5) is 30.4 Å². The highest BCUT2D eigenvalue weighted by atomic mass is 19.4. The lowest BCUT2D eigenvalue weighted by atomic mass is 9.97. The molecular weight excluding hydrogens is 579 g/mol. The van der Waals surface area contributed by atoms with Gasteiger partial charge in [-0.2, -0.15) is 23.3 Å². The average Bonchev–Trinajstić information content (AvgIpc) is 3.42. The molecule has 1 aromatic carbocycles. The summed E-state index contributed by atoms with van der Waals surface area (Å²) in [5.41, 5.74) is 3.59. The predicted octanol–water partition coefficient (Wildman–Crippen LogP) is 4.51. The SMILES string of the molecule is Cc1ccc(NC(=O)c2cc(C(F)(F)F)ccn2)cc1-c1cc2cnc(=Nc3cnn(C)c3)nc-2n2c1NCCC2.O=CO. The lowest BCUT2D eigenvalue weighted by molar-refractivity contribution is -0.137. The number of fused-ring (bicyclic) bond motifs is 3. The molecule has 0 fully saturated rings. The van der Waals surface area contributed by atoms with Gasteiger partial charge >= 0.3 is 6.18 Å². The second-order valence-electron chi connectivity index (χ2n) is 9.79. The number of aromatic nitrogens is 6. The predicted molar refractivity (Wildman–Crippen MR) is 154 cm³/mol. The number of alkyl halides is 3. The second-order valence-corrected chi connectivity index (χ2v) is 9.79. The van der Waals surface area contributed by atoms with Crippen LogP contribution in [0.2, 0.25) is 0 Å². The van der Waals surface area contributed by atoms with E-state index < -0.39 is 17.6 Å². The first kappa shape index (κ1) is 29.9. The molecular formula is C29H26F3N9O3. The Morgan fingerprint density at radius 2 is 1.93 bits per heavy atom. The van der Waals surface area contributed by atoms with Crippen LogP contribution in [0, 0.1) is 6.92 Å². The summed E-state index contributed by atoms with van der Waals surface area (Å²) < 4.78 is 43.1. The van der Waals surface area contributed by atoms with E-state index in [1.165, 1.54) is 0 Å². The minimum atomic E-state index is -4.58. The summed E-state index contributed by atoms with van der Waals surface area (Å²) in [4.78, 5) is 38.7. The molecule has 1 amide bonds. The number of halogens is 3. The van der Waals surface area contributed by atoms with Crippen molar-refractivity contribution in [3.8, 4) is 22.5 Å². The number of nitrogens with zero attached hydrogens (tertiary/aromatic N) is 7. The van der Waals surface area contributed by atoms with Crippen LogP contribution in [0.15, 0.2) is 66.2 Å². The maximum Gasteiger partial charge on any atom is 0.416 e. The van der Waals surface area contributed by atoms with Crippen LogP contribution in [0.5, 0.6) is 0 Å². The van der Waals surface area contributed by atoms with Crippen LogP contribution in [0.3, 0.4) is 0 Å². The third-order valence-corrected chi connectivity index (χ3v) is 6.74. The molecule has 3 aliphatic heterocycles. The van der Waals surface area contributed by atoms with E-state index in [0.29, 0.717) is 17.0 Å². The molecule has 0 spiro atoms. The fourth-order valence-corrected chi connectivity index (χ4v) is 4.78. The zero-order valence-corrected chi connectivity index (χ0v) is 23.5. The van der Waals surface area contributed by atoms with Crippen LogP contribution in [-0.4, -0.2) is 53.3 Å². The first-order chi connectivity index (χ1) is 21.1. The van der Waals surface area contributed by atoms with Gasteiger partial charge in [-0.15, -0.1) is 0 Å². The fourth-order valence-electron chi connectivity index (χ4n) is 4.78. The van der Waals surface area contributed by atoms with Crippen molar-refractivity contribution in [2.24, 2.45) is 12.0 Å². The molecule has 3 N–H and O–H groups in total. The van der Waals surface area contributed by atoms with Gasteiger partial charge in [-0.05, 0) is 54.8 Å². The lowest BCUT2D eigenvalue weighted by Gasteiger charge is -2.28. The average molecular weight is 606 g/mol. The molecule has 6 rings (SSSR count). The summed E-state index contributed by atoms with van der Waals surface area (Å²) in [5.74, 6) is 0.851. The van der Waals surface area contributed by atoms with E-state index in [4.69, 9.17) is 14.9 Å². The van der Waals surface area contributed by atoms with Crippen molar-refractivity contribution in [3.05, 3.63) is 83.6 Å². The van der Waals surface area contributed by atoms with E-state index in [1.54, 1.807) is 35.4 Å². The van der Waals surface area contributed by atoms with Gasteiger partial charge in [-0.1, -0.05) is 6.07 Å². The minimum absolute atomic E-state index is 0.250. The molecule has 0 radical (unpaired) electrons. The summed E-state index contributed by atoms with van der Waals surface area (Å²) in [7, 11) is 1.81. The van der Waals surface area contributed by atoms with Gasteiger partial charge in [0.2, 0.25) is 0 Å². The molecule has 0 atom stereocenters. The van der Waals surface area contributed by atoms with Gasteiger partial charge < -0.3 is 20.3 Å². The van der Waals surface area contributed by atoms with Crippen LogP contribution in [0.25, 0.3) is 22.5 Å². The number of benzene rings is 1. The van der Waals surface area contributed by atoms with Gasteiger partial charge in [-0.25, -0.2) is 9.98 Å².